The molecule has 0 heterocycles. The maximum Gasteiger partial charge on any atom is 0.133 e. The van der Waals surface area contributed by atoms with Gasteiger partial charge in [-0.3, -0.25) is 0 Å². The van der Waals surface area contributed by atoms with Gasteiger partial charge in [0.2, 0.25) is 0 Å². The maximum absolute atomic E-state index is 9.20. The fourth-order valence-corrected chi connectivity index (χ4v) is 0.996. The molecular weight excluding hydrogens is 208 g/mol. The van der Waals surface area contributed by atoms with E-state index < -0.39 is 0 Å². The van der Waals surface area contributed by atoms with E-state index in [0.717, 1.165) is 0 Å². The van der Waals surface area contributed by atoms with E-state index >= 15 is 0 Å². The van der Waals surface area contributed by atoms with E-state index in [0.29, 0.717) is 16.8 Å². The Balaban J connectivity index is 2.86. The minimum absolute atomic E-state index is 0.205. The summed E-state index contributed by atoms with van der Waals surface area (Å²) in [6.07, 6.45) is 0. The van der Waals surface area contributed by atoms with Gasteiger partial charge >= 0.3 is 0 Å². The summed E-state index contributed by atoms with van der Waals surface area (Å²) in [6.45, 7) is 2.51. The molecule has 0 radical (unpaired) electrons. The molecule has 0 aliphatic carbocycles. The highest BCUT2D eigenvalue weighted by Crippen LogP contribution is 2.27. The van der Waals surface area contributed by atoms with Gasteiger partial charge in [-0.1, -0.05) is 0 Å². The third kappa shape index (κ3) is 2.12. The normalized spacial score (nSPS) is 9.64. The fraction of sp³-hybridized carbons (Fsp3) is 0.250. The number of phenols is 1. The fourth-order valence-electron chi connectivity index (χ4n) is 0.749. The minimum atomic E-state index is 0.205. The van der Waals surface area contributed by atoms with Gasteiger partial charge in [0.15, 0.2) is 0 Å². The molecule has 0 unspecified atom stereocenters. The lowest BCUT2D eigenvalue weighted by Gasteiger charge is -2.03. The quantitative estimate of drug-likeness (QED) is 0.824. The van der Waals surface area contributed by atoms with Gasteiger partial charge in [-0.25, -0.2) is 0 Å². The van der Waals surface area contributed by atoms with E-state index in [1.54, 1.807) is 18.2 Å². The van der Waals surface area contributed by atoms with Crippen LogP contribution in [0, 0.1) is 0 Å². The molecule has 60 valence electrons. The van der Waals surface area contributed by atoms with E-state index in [2.05, 4.69) is 15.9 Å². The number of hydrogen-bond acceptors (Lipinski definition) is 2. The summed E-state index contributed by atoms with van der Waals surface area (Å²) in [6, 6.07) is 5.13. The lowest BCUT2D eigenvalue weighted by Crippen LogP contribution is -1.90. The number of hydrogen-bond donors (Lipinski definition) is 1. The molecule has 0 fully saturated rings. The maximum atomic E-state index is 9.20. The van der Waals surface area contributed by atoms with Gasteiger partial charge in [0.25, 0.3) is 0 Å². The molecule has 3 heteroatoms. The van der Waals surface area contributed by atoms with Gasteiger partial charge in [0, 0.05) is 6.07 Å². The number of aromatic hydroxyl groups is 1. The number of rotatable bonds is 2. The molecule has 0 aliphatic rings. The lowest BCUT2D eigenvalue weighted by molar-refractivity contribution is 0.337. The molecule has 1 rings (SSSR count). The minimum Gasteiger partial charge on any atom is -0.507 e. The van der Waals surface area contributed by atoms with Crippen molar-refractivity contribution in [1.29, 1.82) is 0 Å². The smallest absolute Gasteiger partial charge is 0.133 e. The van der Waals surface area contributed by atoms with E-state index in [9.17, 15) is 5.11 Å². The predicted octanol–water partition coefficient (Wildman–Crippen LogP) is 2.55. The van der Waals surface area contributed by atoms with E-state index in [1.807, 2.05) is 6.92 Å². The van der Waals surface area contributed by atoms with Crippen molar-refractivity contribution < 1.29 is 9.84 Å². The van der Waals surface area contributed by atoms with Crippen LogP contribution in [-0.4, -0.2) is 11.7 Å². The Morgan fingerprint density at radius 1 is 1.55 bits per heavy atom. The topological polar surface area (TPSA) is 29.5 Å². The monoisotopic (exact) mass is 216 g/mol. The van der Waals surface area contributed by atoms with Gasteiger partial charge in [0.05, 0.1) is 11.1 Å². The molecule has 1 aromatic rings. The second-order valence-electron chi connectivity index (χ2n) is 2.05. The lowest BCUT2D eigenvalue weighted by atomic mass is 10.3. The van der Waals surface area contributed by atoms with Crippen molar-refractivity contribution in [3.8, 4) is 11.5 Å². The van der Waals surface area contributed by atoms with Crippen molar-refractivity contribution in [2.24, 2.45) is 0 Å². The number of benzene rings is 1. The van der Waals surface area contributed by atoms with Crippen LogP contribution in [0.3, 0.4) is 0 Å². The van der Waals surface area contributed by atoms with Crippen molar-refractivity contribution in [2.45, 2.75) is 6.92 Å². The molecule has 0 amide bonds. The zero-order valence-electron chi connectivity index (χ0n) is 6.17. The molecule has 0 atom stereocenters. The third-order valence-electron chi connectivity index (χ3n) is 1.23. The van der Waals surface area contributed by atoms with Crippen LogP contribution in [-0.2, 0) is 0 Å². The number of phenolic OH excluding ortho intramolecular Hbond substituents is 1. The predicted molar refractivity (Wildman–Crippen MR) is 47.0 cm³/mol. The van der Waals surface area contributed by atoms with Crippen LogP contribution in [0.15, 0.2) is 22.7 Å². The van der Waals surface area contributed by atoms with Crippen molar-refractivity contribution in [1.82, 2.24) is 0 Å². The Bertz CT molecular complexity index is 248. The molecule has 2 nitrogen and oxygen atoms in total. The van der Waals surface area contributed by atoms with Gasteiger partial charge < -0.3 is 9.84 Å². The third-order valence-corrected chi connectivity index (χ3v) is 1.90. The first-order valence-electron chi connectivity index (χ1n) is 3.35. The molecule has 0 saturated carbocycles. The second-order valence-corrected chi connectivity index (χ2v) is 2.90. The average molecular weight is 217 g/mol. The molecule has 0 aromatic heterocycles. The summed E-state index contributed by atoms with van der Waals surface area (Å²) in [5.74, 6) is 0.893. The summed E-state index contributed by atoms with van der Waals surface area (Å²) in [5.41, 5.74) is 0. The van der Waals surface area contributed by atoms with Crippen molar-refractivity contribution in [2.75, 3.05) is 6.61 Å². The molecule has 0 spiro atoms. The van der Waals surface area contributed by atoms with E-state index in [1.165, 1.54) is 0 Å². The van der Waals surface area contributed by atoms with Crippen LogP contribution < -0.4 is 4.74 Å². The molecular formula is C8H9BrO2. The van der Waals surface area contributed by atoms with Crippen molar-refractivity contribution in [3.63, 3.8) is 0 Å². The highest BCUT2D eigenvalue weighted by Gasteiger charge is 1.98. The standard InChI is InChI=1S/C8H9BrO2/c1-2-11-6-3-4-7(9)8(10)5-6/h3-5,10H,2H2,1H3. The Morgan fingerprint density at radius 2 is 2.27 bits per heavy atom. The zero-order chi connectivity index (χ0) is 8.27. The highest BCUT2D eigenvalue weighted by molar-refractivity contribution is 9.10. The largest absolute Gasteiger partial charge is 0.507 e. The Kier molecular flexibility index (Phi) is 2.76. The molecule has 11 heavy (non-hydrogen) atoms. The number of halogens is 1. The van der Waals surface area contributed by atoms with Gasteiger partial charge in [-0.05, 0) is 35.0 Å². The molecule has 0 saturated heterocycles. The molecule has 0 bridgehead atoms. The Morgan fingerprint density at radius 3 is 2.82 bits per heavy atom. The first kappa shape index (κ1) is 8.40. The first-order valence-corrected chi connectivity index (χ1v) is 4.14. The molecule has 1 aromatic carbocycles. The summed E-state index contributed by atoms with van der Waals surface area (Å²) in [5, 5.41) is 9.20. The van der Waals surface area contributed by atoms with Crippen LogP contribution in [0.25, 0.3) is 0 Å². The summed E-state index contributed by atoms with van der Waals surface area (Å²) in [4.78, 5) is 0. The van der Waals surface area contributed by atoms with Crippen LogP contribution >= 0.6 is 15.9 Å². The summed E-state index contributed by atoms with van der Waals surface area (Å²) in [7, 11) is 0. The summed E-state index contributed by atoms with van der Waals surface area (Å²) < 4.78 is 5.84. The second kappa shape index (κ2) is 3.62. The van der Waals surface area contributed by atoms with Crippen LogP contribution in [0.4, 0.5) is 0 Å². The van der Waals surface area contributed by atoms with Crippen LogP contribution in [0.5, 0.6) is 11.5 Å². The highest BCUT2D eigenvalue weighted by atomic mass is 79.9. The van der Waals surface area contributed by atoms with E-state index in [-0.39, 0.29) is 5.75 Å². The average Bonchev–Trinajstić information content (AvgIpc) is 1.98. The van der Waals surface area contributed by atoms with E-state index in [4.69, 9.17) is 4.74 Å². The van der Waals surface area contributed by atoms with Crippen molar-refractivity contribution >= 4 is 15.9 Å². The van der Waals surface area contributed by atoms with Gasteiger partial charge in [-0.2, -0.15) is 0 Å². The van der Waals surface area contributed by atoms with Gasteiger partial charge in [-0.15, -0.1) is 0 Å². The molecule has 1 N–H and O–H groups in total. The van der Waals surface area contributed by atoms with Crippen LogP contribution in [0.1, 0.15) is 6.92 Å². The number of ether oxygens (including phenoxy) is 1. The Hall–Kier alpha value is -0.700. The van der Waals surface area contributed by atoms with Gasteiger partial charge in [0.1, 0.15) is 11.5 Å². The first-order chi connectivity index (χ1) is 5.24. The van der Waals surface area contributed by atoms with Crippen LogP contribution in [0.2, 0.25) is 0 Å². The van der Waals surface area contributed by atoms with Crippen molar-refractivity contribution in [3.05, 3.63) is 22.7 Å². The molecule has 0 aliphatic heterocycles. The summed E-state index contributed by atoms with van der Waals surface area (Å²) >= 11 is 3.17. The SMILES string of the molecule is CCOc1ccc(Br)c(O)c1. The Labute approximate surface area is 73.9 Å². The zero-order valence-corrected chi connectivity index (χ0v) is 7.76.